The molecule has 0 saturated heterocycles. The quantitative estimate of drug-likeness (QED) is 0.793. The van der Waals surface area contributed by atoms with Crippen molar-refractivity contribution >= 4 is 23.2 Å². The molecule has 82 valence electrons. The molecule has 0 atom stereocenters. The Morgan fingerprint density at radius 2 is 2.33 bits per heavy atom. The summed E-state index contributed by atoms with van der Waals surface area (Å²) in [5.41, 5.74) is 0. The summed E-state index contributed by atoms with van der Waals surface area (Å²) in [5, 5.41) is 3.14. The number of Topliss-reactive ketones (excluding diaryl/α,β-unsaturated/α-hetero) is 1. The zero-order valence-electron chi connectivity index (χ0n) is 8.36. The molecule has 0 aromatic carbocycles. The summed E-state index contributed by atoms with van der Waals surface area (Å²) in [7, 11) is 0. The predicted octanol–water partition coefficient (Wildman–Crippen LogP) is 1.15. The van der Waals surface area contributed by atoms with Crippen LogP contribution in [-0.2, 0) is 9.53 Å². The molecule has 0 bridgehead atoms. The first-order valence-corrected chi connectivity index (χ1v) is 4.91. The van der Waals surface area contributed by atoms with Crippen LogP contribution in [0.3, 0.4) is 0 Å². The maximum Gasteiger partial charge on any atom is 0.177 e. The minimum absolute atomic E-state index is 0.0337. The van der Waals surface area contributed by atoms with Gasteiger partial charge in [-0.15, -0.1) is 0 Å². The van der Waals surface area contributed by atoms with E-state index in [0.717, 1.165) is 0 Å². The summed E-state index contributed by atoms with van der Waals surface area (Å²) in [6, 6.07) is 0. The van der Waals surface area contributed by atoms with E-state index in [1.54, 1.807) is 0 Å². The van der Waals surface area contributed by atoms with Crippen molar-refractivity contribution in [3.8, 4) is 0 Å². The van der Waals surface area contributed by atoms with E-state index in [2.05, 4.69) is 15.3 Å². The molecule has 0 aliphatic heterocycles. The Bertz CT molecular complexity index is 316. The van der Waals surface area contributed by atoms with Crippen molar-refractivity contribution in [1.29, 1.82) is 0 Å². The highest BCUT2D eigenvalue weighted by atomic mass is 35.5. The molecule has 0 unspecified atom stereocenters. The summed E-state index contributed by atoms with van der Waals surface area (Å²) in [6.45, 7) is 2.67. The van der Waals surface area contributed by atoms with Gasteiger partial charge in [0.2, 0.25) is 0 Å². The molecule has 1 rings (SSSR count). The molecule has 0 fully saturated rings. The average Bonchev–Trinajstić information content (AvgIpc) is 2.25. The van der Waals surface area contributed by atoms with Gasteiger partial charge in [0.15, 0.2) is 5.78 Å². The lowest BCUT2D eigenvalue weighted by atomic mass is 10.4. The molecule has 0 spiro atoms. The number of ether oxygens (including phenoxy) is 1. The van der Waals surface area contributed by atoms with Crippen LogP contribution in [-0.4, -0.2) is 35.5 Å². The van der Waals surface area contributed by atoms with Crippen molar-refractivity contribution in [3.63, 3.8) is 0 Å². The molecule has 0 saturated carbocycles. The number of halogens is 1. The van der Waals surface area contributed by atoms with Crippen LogP contribution in [0.1, 0.15) is 6.92 Å². The molecular formula is C9H12ClN3O2. The Kier molecular flexibility index (Phi) is 5.00. The van der Waals surface area contributed by atoms with Gasteiger partial charge in [-0.05, 0) is 6.92 Å². The third-order valence-corrected chi connectivity index (χ3v) is 1.75. The van der Waals surface area contributed by atoms with Crippen LogP contribution in [0.15, 0.2) is 12.4 Å². The molecule has 1 N–H and O–H groups in total. The minimum Gasteiger partial charge on any atom is -0.374 e. The Morgan fingerprint density at radius 1 is 1.53 bits per heavy atom. The summed E-state index contributed by atoms with van der Waals surface area (Å²) in [4.78, 5) is 18.9. The standard InChI is InChI=1S/C9H12ClN3O2/c1-2-15-6-7(14)3-12-9-5-11-8(10)4-13-9/h4-5H,2-3,6H2,1H3,(H,12,13). The zero-order chi connectivity index (χ0) is 11.1. The Labute approximate surface area is 92.8 Å². The van der Waals surface area contributed by atoms with Gasteiger partial charge in [0.1, 0.15) is 17.6 Å². The molecule has 0 aliphatic rings. The summed E-state index contributed by atoms with van der Waals surface area (Å²) in [6.07, 6.45) is 2.88. The van der Waals surface area contributed by atoms with E-state index in [0.29, 0.717) is 17.6 Å². The topological polar surface area (TPSA) is 64.1 Å². The fourth-order valence-corrected chi connectivity index (χ4v) is 0.957. The second-order valence-corrected chi connectivity index (χ2v) is 3.14. The number of nitrogens with zero attached hydrogens (tertiary/aromatic N) is 2. The van der Waals surface area contributed by atoms with Crippen LogP contribution in [0.25, 0.3) is 0 Å². The number of aromatic nitrogens is 2. The Hall–Kier alpha value is -1.20. The third-order valence-electron chi connectivity index (χ3n) is 1.55. The lowest BCUT2D eigenvalue weighted by Crippen LogP contribution is -2.19. The predicted molar refractivity (Wildman–Crippen MR) is 57.0 cm³/mol. The molecule has 0 aliphatic carbocycles. The van der Waals surface area contributed by atoms with E-state index in [1.165, 1.54) is 12.4 Å². The third kappa shape index (κ3) is 4.71. The van der Waals surface area contributed by atoms with E-state index < -0.39 is 0 Å². The number of ketones is 1. The van der Waals surface area contributed by atoms with Gasteiger partial charge < -0.3 is 10.1 Å². The smallest absolute Gasteiger partial charge is 0.177 e. The van der Waals surface area contributed by atoms with Crippen LogP contribution < -0.4 is 5.32 Å². The highest BCUT2D eigenvalue weighted by Gasteiger charge is 2.01. The fourth-order valence-electron chi connectivity index (χ4n) is 0.860. The maximum atomic E-state index is 11.2. The van der Waals surface area contributed by atoms with Crippen molar-refractivity contribution < 1.29 is 9.53 Å². The number of rotatable bonds is 6. The van der Waals surface area contributed by atoms with Crippen molar-refractivity contribution in [1.82, 2.24) is 9.97 Å². The summed E-state index contributed by atoms with van der Waals surface area (Å²) >= 11 is 5.55. The van der Waals surface area contributed by atoms with Gasteiger partial charge in [-0.1, -0.05) is 11.6 Å². The molecule has 15 heavy (non-hydrogen) atoms. The largest absolute Gasteiger partial charge is 0.374 e. The van der Waals surface area contributed by atoms with Gasteiger partial charge in [0.05, 0.1) is 18.9 Å². The number of carbonyl (C=O) groups is 1. The number of carbonyl (C=O) groups excluding carboxylic acids is 1. The fraction of sp³-hybridized carbons (Fsp3) is 0.444. The summed E-state index contributed by atoms with van der Waals surface area (Å²) < 4.78 is 4.96. The Balaban J connectivity index is 2.30. The highest BCUT2D eigenvalue weighted by molar-refractivity contribution is 6.29. The van der Waals surface area contributed by atoms with E-state index in [-0.39, 0.29) is 18.9 Å². The van der Waals surface area contributed by atoms with Crippen molar-refractivity contribution in [2.75, 3.05) is 25.1 Å². The molecule has 1 aromatic rings. The van der Waals surface area contributed by atoms with Gasteiger partial charge in [-0.3, -0.25) is 4.79 Å². The molecule has 5 nitrogen and oxygen atoms in total. The normalized spacial score (nSPS) is 10.0. The Morgan fingerprint density at radius 3 is 2.93 bits per heavy atom. The van der Waals surface area contributed by atoms with Gasteiger partial charge in [0.25, 0.3) is 0 Å². The lowest BCUT2D eigenvalue weighted by Gasteiger charge is -2.04. The lowest BCUT2D eigenvalue weighted by molar-refractivity contribution is -0.121. The minimum atomic E-state index is -0.0337. The van der Waals surface area contributed by atoms with Gasteiger partial charge in [-0.25, -0.2) is 9.97 Å². The first kappa shape index (κ1) is 11.9. The SMILES string of the molecule is CCOCC(=O)CNc1cnc(Cl)cn1. The highest BCUT2D eigenvalue weighted by Crippen LogP contribution is 2.04. The molecular weight excluding hydrogens is 218 g/mol. The molecule has 1 aromatic heterocycles. The molecule has 1 heterocycles. The van der Waals surface area contributed by atoms with Crippen molar-refractivity contribution in [2.24, 2.45) is 0 Å². The number of nitrogens with one attached hydrogen (secondary N) is 1. The van der Waals surface area contributed by atoms with E-state index in [1.807, 2.05) is 6.92 Å². The number of hydrogen-bond acceptors (Lipinski definition) is 5. The molecule has 0 amide bonds. The van der Waals surface area contributed by atoms with Gasteiger partial charge in [-0.2, -0.15) is 0 Å². The van der Waals surface area contributed by atoms with Crippen LogP contribution in [0.4, 0.5) is 5.82 Å². The van der Waals surface area contributed by atoms with Crippen molar-refractivity contribution in [2.45, 2.75) is 6.92 Å². The van der Waals surface area contributed by atoms with Gasteiger partial charge in [0, 0.05) is 6.61 Å². The van der Waals surface area contributed by atoms with Crippen LogP contribution in [0.2, 0.25) is 5.15 Å². The van der Waals surface area contributed by atoms with Gasteiger partial charge >= 0.3 is 0 Å². The number of hydrogen-bond donors (Lipinski definition) is 1. The first-order chi connectivity index (χ1) is 7.22. The van der Waals surface area contributed by atoms with E-state index in [4.69, 9.17) is 16.3 Å². The second-order valence-electron chi connectivity index (χ2n) is 2.75. The zero-order valence-corrected chi connectivity index (χ0v) is 9.12. The number of anilines is 1. The second kappa shape index (κ2) is 6.31. The monoisotopic (exact) mass is 229 g/mol. The maximum absolute atomic E-state index is 11.2. The van der Waals surface area contributed by atoms with Crippen LogP contribution >= 0.6 is 11.6 Å². The first-order valence-electron chi connectivity index (χ1n) is 4.53. The van der Waals surface area contributed by atoms with Crippen LogP contribution in [0, 0.1) is 0 Å². The molecule has 0 radical (unpaired) electrons. The molecule has 6 heteroatoms. The van der Waals surface area contributed by atoms with E-state index >= 15 is 0 Å². The average molecular weight is 230 g/mol. The van der Waals surface area contributed by atoms with Crippen LogP contribution in [0.5, 0.6) is 0 Å². The van der Waals surface area contributed by atoms with E-state index in [9.17, 15) is 4.79 Å². The van der Waals surface area contributed by atoms with Crippen molar-refractivity contribution in [3.05, 3.63) is 17.5 Å². The summed E-state index contributed by atoms with van der Waals surface area (Å²) in [5.74, 6) is 0.484.